The zero-order valence-corrected chi connectivity index (χ0v) is 15.7. The molecular formula is C21H27N3O3. The molecule has 0 radical (unpaired) electrons. The minimum absolute atomic E-state index is 0.0156. The molecular weight excluding hydrogens is 342 g/mol. The summed E-state index contributed by atoms with van der Waals surface area (Å²) in [5.41, 5.74) is -0.111. The van der Waals surface area contributed by atoms with Gasteiger partial charge in [0.05, 0.1) is 19.6 Å². The molecule has 0 aromatic carbocycles. The minimum Gasteiger partial charge on any atom is -0.247 e. The molecule has 0 unspecified atom stereocenters. The molecule has 0 aliphatic carbocycles. The summed E-state index contributed by atoms with van der Waals surface area (Å²) in [7, 11) is 0. The predicted octanol–water partition coefficient (Wildman–Crippen LogP) is 2.57. The fraction of sp³-hybridized carbons (Fsp3) is 0.286. The summed E-state index contributed by atoms with van der Waals surface area (Å²) in [6, 6.07) is 0. The Labute approximate surface area is 159 Å². The first-order chi connectivity index (χ1) is 13.0. The van der Waals surface area contributed by atoms with Gasteiger partial charge in [0.1, 0.15) is 0 Å². The Morgan fingerprint density at radius 1 is 0.593 bits per heavy atom. The first-order valence-electron chi connectivity index (χ1n) is 8.65. The topological polar surface area (TPSA) is 66.0 Å². The molecule has 0 saturated heterocycles. The Kier molecular flexibility index (Phi) is 8.72. The minimum atomic E-state index is -0.673. The van der Waals surface area contributed by atoms with Crippen molar-refractivity contribution in [3.63, 3.8) is 0 Å². The lowest BCUT2D eigenvalue weighted by Gasteiger charge is -2.16. The molecule has 0 spiro atoms. The number of nitrogens with zero attached hydrogens (tertiary/aromatic N) is 3. The van der Waals surface area contributed by atoms with Crippen LogP contribution in [0.25, 0.3) is 0 Å². The van der Waals surface area contributed by atoms with Gasteiger partial charge in [-0.05, 0) is 24.8 Å². The third-order valence-electron chi connectivity index (χ3n) is 4.03. The molecule has 0 N–H and O–H groups in total. The molecule has 6 heteroatoms. The Morgan fingerprint density at radius 3 is 1.33 bits per heavy atom. The monoisotopic (exact) mass is 369 g/mol. The quantitative estimate of drug-likeness (QED) is 0.532. The molecule has 0 aliphatic rings. The summed E-state index contributed by atoms with van der Waals surface area (Å²) in [6.45, 7) is 18.5. The van der Waals surface area contributed by atoms with E-state index in [2.05, 4.69) is 32.9 Å². The second-order valence-electron chi connectivity index (χ2n) is 5.92. The van der Waals surface area contributed by atoms with Gasteiger partial charge in [0.2, 0.25) is 0 Å². The number of hydrogen-bond donors (Lipinski definition) is 0. The van der Waals surface area contributed by atoms with Gasteiger partial charge in [-0.25, -0.2) is 28.1 Å². The summed E-state index contributed by atoms with van der Waals surface area (Å²) in [6.07, 6.45) is 9.85. The third-order valence-corrected chi connectivity index (χ3v) is 4.03. The van der Waals surface area contributed by atoms with Crippen molar-refractivity contribution < 1.29 is 0 Å². The van der Waals surface area contributed by atoms with Gasteiger partial charge in [-0.1, -0.05) is 36.0 Å². The van der Waals surface area contributed by atoms with E-state index in [4.69, 9.17) is 0 Å². The SMILES string of the molecule is C=CCC(CC=C)=C(CC=C)Cn1c(=O)n(CC=C)c(=O)n(CC=C)c1=O. The second kappa shape index (κ2) is 10.8. The number of aromatic nitrogens is 3. The predicted molar refractivity (Wildman–Crippen MR) is 111 cm³/mol. The zero-order valence-electron chi connectivity index (χ0n) is 15.7. The van der Waals surface area contributed by atoms with Crippen LogP contribution >= 0.6 is 0 Å². The van der Waals surface area contributed by atoms with E-state index in [1.165, 1.54) is 12.2 Å². The average molecular weight is 369 g/mol. The molecule has 1 heterocycles. The highest BCUT2D eigenvalue weighted by Gasteiger charge is 2.16. The van der Waals surface area contributed by atoms with Crippen molar-refractivity contribution >= 4 is 0 Å². The fourth-order valence-corrected chi connectivity index (χ4v) is 2.79. The molecule has 0 bridgehead atoms. The summed E-state index contributed by atoms with van der Waals surface area (Å²) >= 11 is 0. The zero-order chi connectivity index (χ0) is 20.4. The van der Waals surface area contributed by atoms with Crippen LogP contribution in [0, 0.1) is 0 Å². The fourth-order valence-electron chi connectivity index (χ4n) is 2.79. The Bertz CT molecular complexity index is 879. The Hall–Kier alpha value is -3.15. The molecule has 0 fully saturated rings. The first-order valence-corrected chi connectivity index (χ1v) is 8.65. The van der Waals surface area contributed by atoms with Gasteiger partial charge in [-0.15, -0.1) is 32.9 Å². The van der Waals surface area contributed by atoms with E-state index in [1.807, 2.05) is 0 Å². The molecule has 1 aromatic heterocycles. The van der Waals surface area contributed by atoms with Crippen molar-refractivity contribution in [2.45, 2.75) is 38.9 Å². The van der Waals surface area contributed by atoms with Crippen molar-refractivity contribution in [1.82, 2.24) is 13.7 Å². The van der Waals surface area contributed by atoms with Crippen molar-refractivity contribution in [3.8, 4) is 0 Å². The largest absolute Gasteiger partial charge is 0.336 e. The van der Waals surface area contributed by atoms with Crippen LogP contribution < -0.4 is 17.1 Å². The smallest absolute Gasteiger partial charge is 0.247 e. The molecule has 0 amide bonds. The Balaban J connectivity index is 3.74. The van der Waals surface area contributed by atoms with Crippen LogP contribution in [-0.4, -0.2) is 13.7 Å². The molecule has 27 heavy (non-hydrogen) atoms. The van der Waals surface area contributed by atoms with Crippen LogP contribution in [0.2, 0.25) is 0 Å². The molecule has 0 atom stereocenters. The summed E-state index contributed by atoms with van der Waals surface area (Å²) in [5.74, 6) is 0. The van der Waals surface area contributed by atoms with Crippen LogP contribution in [0.5, 0.6) is 0 Å². The van der Waals surface area contributed by atoms with E-state index < -0.39 is 17.1 Å². The van der Waals surface area contributed by atoms with Gasteiger partial charge in [-0.2, -0.15) is 0 Å². The lowest BCUT2D eigenvalue weighted by molar-refractivity contribution is 0.493. The van der Waals surface area contributed by atoms with Gasteiger partial charge in [0.25, 0.3) is 0 Å². The summed E-state index contributed by atoms with van der Waals surface area (Å²) in [5, 5.41) is 0. The van der Waals surface area contributed by atoms with Crippen LogP contribution in [0.1, 0.15) is 19.3 Å². The summed E-state index contributed by atoms with van der Waals surface area (Å²) in [4.78, 5) is 38.0. The number of allylic oxidation sites excluding steroid dienone is 7. The van der Waals surface area contributed by atoms with Gasteiger partial charge >= 0.3 is 17.1 Å². The lowest BCUT2D eigenvalue weighted by atomic mass is 9.99. The van der Waals surface area contributed by atoms with Gasteiger partial charge in [0.15, 0.2) is 0 Å². The maximum absolute atomic E-state index is 12.8. The van der Waals surface area contributed by atoms with E-state index in [-0.39, 0.29) is 19.6 Å². The van der Waals surface area contributed by atoms with E-state index >= 15 is 0 Å². The van der Waals surface area contributed by atoms with E-state index in [0.29, 0.717) is 19.3 Å². The van der Waals surface area contributed by atoms with E-state index in [1.54, 1.807) is 18.2 Å². The maximum Gasteiger partial charge on any atom is 0.336 e. The average Bonchev–Trinajstić information content (AvgIpc) is 2.65. The van der Waals surface area contributed by atoms with E-state index in [9.17, 15) is 14.4 Å². The van der Waals surface area contributed by atoms with Crippen molar-refractivity contribution in [2.24, 2.45) is 0 Å². The van der Waals surface area contributed by atoms with Gasteiger partial charge in [0, 0.05) is 0 Å². The van der Waals surface area contributed by atoms with Crippen molar-refractivity contribution in [2.75, 3.05) is 0 Å². The van der Waals surface area contributed by atoms with E-state index in [0.717, 1.165) is 24.8 Å². The number of hydrogen-bond acceptors (Lipinski definition) is 3. The van der Waals surface area contributed by atoms with Crippen LogP contribution in [-0.2, 0) is 19.6 Å². The summed E-state index contributed by atoms with van der Waals surface area (Å²) < 4.78 is 3.05. The molecule has 1 rings (SSSR count). The van der Waals surface area contributed by atoms with Crippen LogP contribution in [0.4, 0.5) is 0 Å². The third kappa shape index (κ3) is 5.17. The Morgan fingerprint density at radius 2 is 0.963 bits per heavy atom. The van der Waals surface area contributed by atoms with Gasteiger partial charge < -0.3 is 0 Å². The standard InChI is InChI=1S/C21H27N3O3/c1-6-11-17(12-7-2)18(13-8-3)16-24-20(26)22(14-9-4)19(25)23(15-10-5)21(24)27/h6-10H,1-5,11-16H2. The highest BCUT2D eigenvalue weighted by Crippen LogP contribution is 2.19. The molecule has 1 aromatic rings. The first kappa shape index (κ1) is 21.9. The normalized spacial score (nSPS) is 10.1. The second-order valence-corrected chi connectivity index (χ2v) is 5.92. The molecule has 0 aliphatic heterocycles. The van der Waals surface area contributed by atoms with Crippen LogP contribution in [0.3, 0.4) is 0 Å². The van der Waals surface area contributed by atoms with Crippen LogP contribution in [0.15, 0.2) is 88.8 Å². The number of rotatable bonds is 12. The van der Waals surface area contributed by atoms with Crippen molar-refractivity contribution in [3.05, 3.63) is 106 Å². The highest BCUT2D eigenvalue weighted by molar-refractivity contribution is 5.21. The molecule has 6 nitrogen and oxygen atoms in total. The maximum atomic E-state index is 12.8. The molecule has 0 saturated carbocycles. The van der Waals surface area contributed by atoms with Crippen molar-refractivity contribution in [1.29, 1.82) is 0 Å². The lowest BCUT2D eigenvalue weighted by Crippen LogP contribution is -2.54. The highest BCUT2D eigenvalue weighted by atomic mass is 16.2. The molecule has 144 valence electrons. The van der Waals surface area contributed by atoms with Gasteiger partial charge in [-0.3, -0.25) is 0 Å².